The van der Waals surface area contributed by atoms with Gasteiger partial charge in [-0.05, 0) is 32.4 Å². The molecule has 17 heavy (non-hydrogen) atoms. The van der Waals surface area contributed by atoms with Gasteiger partial charge >= 0.3 is 0 Å². The van der Waals surface area contributed by atoms with Crippen LogP contribution in [0.1, 0.15) is 33.1 Å². The number of likely N-dealkylation sites (tertiary alicyclic amines) is 1. The number of carbonyl (C=O) groups excluding carboxylic acids is 1. The molecule has 0 bridgehead atoms. The summed E-state index contributed by atoms with van der Waals surface area (Å²) >= 11 is 0. The van der Waals surface area contributed by atoms with Crippen molar-refractivity contribution in [1.29, 1.82) is 0 Å². The van der Waals surface area contributed by atoms with E-state index in [4.69, 9.17) is 5.11 Å². The van der Waals surface area contributed by atoms with E-state index < -0.39 is 0 Å². The molecule has 0 atom stereocenters. The Hall–Kier alpha value is -0.610. The first kappa shape index (κ1) is 14.5. The van der Waals surface area contributed by atoms with Crippen molar-refractivity contribution in [2.24, 2.45) is 5.41 Å². The lowest BCUT2D eigenvalue weighted by Gasteiger charge is -2.40. The normalized spacial score (nSPS) is 20.2. The van der Waals surface area contributed by atoms with Crippen LogP contribution in [0.2, 0.25) is 0 Å². The summed E-state index contributed by atoms with van der Waals surface area (Å²) in [5, 5.41) is 8.90. The second kappa shape index (κ2) is 6.36. The van der Waals surface area contributed by atoms with Crippen molar-refractivity contribution < 1.29 is 9.90 Å². The number of β-amino-alcohol motifs (C(OH)–C–C–N with tert-alkyl or cyclic N) is 1. The monoisotopic (exact) mass is 242 g/mol. The summed E-state index contributed by atoms with van der Waals surface area (Å²) in [6, 6.07) is 0. The summed E-state index contributed by atoms with van der Waals surface area (Å²) < 4.78 is 0. The van der Waals surface area contributed by atoms with Gasteiger partial charge in [0.15, 0.2) is 0 Å². The average molecular weight is 242 g/mol. The lowest BCUT2D eigenvalue weighted by Crippen LogP contribution is -2.48. The molecule has 1 saturated heterocycles. The Morgan fingerprint density at radius 3 is 2.47 bits per heavy atom. The van der Waals surface area contributed by atoms with Crippen molar-refractivity contribution in [3.63, 3.8) is 0 Å². The van der Waals surface area contributed by atoms with Crippen molar-refractivity contribution >= 4 is 5.91 Å². The minimum absolute atomic E-state index is 0.199. The van der Waals surface area contributed by atoms with Crippen LogP contribution >= 0.6 is 0 Å². The highest BCUT2D eigenvalue weighted by Crippen LogP contribution is 2.32. The summed E-state index contributed by atoms with van der Waals surface area (Å²) in [4.78, 5) is 16.4. The molecule has 0 aliphatic carbocycles. The smallest absolute Gasteiger partial charge is 0.228 e. The van der Waals surface area contributed by atoms with Crippen molar-refractivity contribution in [2.45, 2.75) is 33.1 Å². The number of rotatable bonds is 5. The van der Waals surface area contributed by atoms with Gasteiger partial charge in [-0.1, -0.05) is 13.8 Å². The average Bonchev–Trinajstić information content (AvgIpc) is 2.32. The second-order valence-corrected chi connectivity index (χ2v) is 5.35. The van der Waals surface area contributed by atoms with Crippen molar-refractivity contribution in [3.05, 3.63) is 0 Å². The molecule has 0 radical (unpaired) electrons. The Morgan fingerprint density at radius 1 is 1.41 bits per heavy atom. The van der Waals surface area contributed by atoms with Gasteiger partial charge < -0.3 is 14.9 Å². The third-order valence-electron chi connectivity index (χ3n) is 3.80. The molecule has 4 nitrogen and oxygen atoms in total. The first-order valence-corrected chi connectivity index (χ1v) is 6.62. The molecule has 0 spiro atoms. The van der Waals surface area contributed by atoms with E-state index in [1.54, 1.807) is 0 Å². The Balaban J connectivity index is 2.51. The highest BCUT2D eigenvalue weighted by molar-refractivity contribution is 5.82. The molecular weight excluding hydrogens is 216 g/mol. The summed E-state index contributed by atoms with van der Waals surface area (Å²) in [7, 11) is 1.90. The van der Waals surface area contributed by atoms with E-state index in [9.17, 15) is 4.79 Å². The first-order chi connectivity index (χ1) is 8.03. The fraction of sp³-hybridized carbons (Fsp3) is 0.923. The van der Waals surface area contributed by atoms with Crippen LogP contribution in [0.4, 0.5) is 0 Å². The molecule has 1 aliphatic rings. The van der Waals surface area contributed by atoms with E-state index in [0.717, 1.165) is 45.4 Å². The molecule has 1 amide bonds. The predicted octanol–water partition coefficient (Wildman–Crippen LogP) is 0.949. The molecule has 0 saturated carbocycles. The van der Waals surface area contributed by atoms with Gasteiger partial charge in [-0.2, -0.15) is 0 Å². The van der Waals surface area contributed by atoms with Crippen LogP contribution in [0.15, 0.2) is 0 Å². The minimum Gasteiger partial charge on any atom is -0.395 e. The van der Waals surface area contributed by atoms with Crippen LogP contribution in [0.3, 0.4) is 0 Å². The lowest BCUT2D eigenvalue weighted by molar-refractivity contribution is -0.142. The quantitative estimate of drug-likeness (QED) is 0.780. The summed E-state index contributed by atoms with van der Waals surface area (Å²) in [6.45, 7) is 7.80. The van der Waals surface area contributed by atoms with Gasteiger partial charge in [-0.15, -0.1) is 0 Å². The van der Waals surface area contributed by atoms with Crippen LogP contribution in [-0.2, 0) is 4.79 Å². The summed E-state index contributed by atoms with van der Waals surface area (Å²) in [5.74, 6) is 0.281. The number of hydrogen-bond donors (Lipinski definition) is 1. The fourth-order valence-corrected chi connectivity index (χ4v) is 2.52. The standard InChI is InChI=1S/C13H26N2O2/c1-4-7-14(3)12(17)13(2)5-8-15(9-6-13)10-11-16/h16H,4-11H2,1-3H3. The molecular formula is C13H26N2O2. The van der Waals surface area contributed by atoms with E-state index in [1.807, 2.05) is 11.9 Å². The van der Waals surface area contributed by atoms with Crippen LogP contribution in [0.5, 0.6) is 0 Å². The lowest BCUT2D eigenvalue weighted by atomic mass is 9.79. The van der Waals surface area contributed by atoms with Crippen LogP contribution < -0.4 is 0 Å². The second-order valence-electron chi connectivity index (χ2n) is 5.35. The summed E-state index contributed by atoms with van der Waals surface area (Å²) in [6.07, 6.45) is 2.81. The topological polar surface area (TPSA) is 43.8 Å². The van der Waals surface area contributed by atoms with Gasteiger partial charge in [0.2, 0.25) is 5.91 Å². The number of hydrogen-bond acceptors (Lipinski definition) is 3. The predicted molar refractivity (Wildman–Crippen MR) is 68.8 cm³/mol. The number of aliphatic hydroxyl groups is 1. The van der Waals surface area contributed by atoms with Crippen LogP contribution in [-0.4, -0.2) is 60.6 Å². The molecule has 0 aromatic heterocycles. The van der Waals surface area contributed by atoms with Gasteiger partial charge in [0.25, 0.3) is 0 Å². The maximum Gasteiger partial charge on any atom is 0.228 e. The number of carbonyl (C=O) groups is 1. The first-order valence-electron chi connectivity index (χ1n) is 6.62. The molecule has 0 aromatic rings. The third kappa shape index (κ3) is 3.68. The molecule has 1 fully saturated rings. The van der Waals surface area contributed by atoms with Crippen LogP contribution in [0, 0.1) is 5.41 Å². The number of aliphatic hydroxyl groups excluding tert-OH is 1. The maximum atomic E-state index is 12.3. The molecule has 0 aromatic carbocycles. The zero-order chi connectivity index (χ0) is 12.9. The fourth-order valence-electron chi connectivity index (χ4n) is 2.52. The van der Waals surface area contributed by atoms with Crippen LogP contribution in [0.25, 0.3) is 0 Å². The van der Waals surface area contributed by atoms with Crippen molar-refractivity contribution in [3.8, 4) is 0 Å². The van der Waals surface area contributed by atoms with E-state index >= 15 is 0 Å². The Labute approximate surface area is 105 Å². The minimum atomic E-state index is -0.199. The largest absolute Gasteiger partial charge is 0.395 e. The Kier molecular flexibility index (Phi) is 5.40. The number of piperidine rings is 1. The van der Waals surface area contributed by atoms with Gasteiger partial charge in [-0.3, -0.25) is 4.79 Å². The Morgan fingerprint density at radius 2 is 2.00 bits per heavy atom. The van der Waals surface area contributed by atoms with Crippen molar-refractivity contribution in [1.82, 2.24) is 9.80 Å². The molecule has 1 N–H and O–H groups in total. The van der Waals surface area contributed by atoms with Crippen molar-refractivity contribution in [2.75, 3.05) is 39.8 Å². The highest BCUT2D eigenvalue weighted by Gasteiger charge is 2.38. The molecule has 1 rings (SSSR count). The number of amides is 1. The van der Waals surface area contributed by atoms with Gasteiger partial charge in [-0.25, -0.2) is 0 Å². The van der Waals surface area contributed by atoms with E-state index in [-0.39, 0.29) is 17.9 Å². The highest BCUT2D eigenvalue weighted by atomic mass is 16.3. The molecule has 1 aliphatic heterocycles. The zero-order valence-corrected chi connectivity index (χ0v) is 11.4. The molecule has 100 valence electrons. The van der Waals surface area contributed by atoms with Gasteiger partial charge in [0, 0.05) is 25.6 Å². The molecule has 4 heteroatoms. The maximum absolute atomic E-state index is 12.3. The third-order valence-corrected chi connectivity index (χ3v) is 3.80. The zero-order valence-electron chi connectivity index (χ0n) is 11.4. The van der Waals surface area contributed by atoms with E-state index in [0.29, 0.717) is 0 Å². The molecule has 1 heterocycles. The SMILES string of the molecule is CCCN(C)C(=O)C1(C)CCN(CCO)CC1. The van der Waals surface area contributed by atoms with Gasteiger partial charge in [0.1, 0.15) is 0 Å². The Bertz CT molecular complexity index is 248. The number of nitrogens with zero attached hydrogens (tertiary/aromatic N) is 2. The van der Waals surface area contributed by atoms with E-state index in [2.05, 4.69) is 18.7 Å². The van der Waals surface area contributed by atoms with Gasteiger partial charge in [0.05, 0.1) is 6.61 Å². The van der Waals surface area contributed by atoms with E-state index in [1.165, 1.54) is 0 Å². The molecule has 0 unspecified atom stereocenters. The summed E-state index contributed by atoms with van der Waals surface area (Å²) in [5.41, 5.74) is -0.199.